The van der Waals surface area contributed by atoms with Crippen molar-refractivity contribution in [2.24, 2.45) is 0 Å². The van der Waals surface area contributed by atoms with E-state index in [1.165, 1.54) is 0 Å². The van der Waals surface area contributed by atoms with Gasteiger partial charge >= 0.3 is 0 Å². The highest BCUT2D eigenvalue weighted by Gasteiger charge is 2.30. The van der Waals surface area contributed by atoms with Crippen LogP contribution in [0.5, 0.6) is 0 Å². The van der Waals surface area contributed by atoms with Crippen molar-refractivity contribution < 1.29 is 9.90 Å². The first kappa shape index (κ1) is 15.4. The largest absolute Gasteiger partial charge is 0.395 e. The normalized spacial score (nSPS) is 17.7. The fourth-order valence-corrected chi connectivity index (χ4v) is 3.38. The number of thioether (sulfide) groups is 1. The predicted octanol–water partition coefficient (Wildman–Crippen LogP) is 1.23. The van der Waals surface area contributed by atoms with E-state index in [9.17, 15) is 4.79 Å². The molecule has 4 nitrogen and oxygen atoms in total. The summed E-state index contributed by atoms with van der Waals surface area (Å²) >= 11 is 1.94. The fraction of sp³-hybridized carbons (Fsp3) is 0.533. The second-order valence-corrected chi connectivity index (χ2v) is 6.17. The van der Waals surface area contributed by atoms with E-state index in [2.05, 4.69) is 4.90 Å². The zero-order chi connectivity index (χ0) is 14.4. The second-order valence-electron chi connectivity index (χ2n) is 4.94. The quantitative estimate of drug-likeness (QED) is 0.887. The van der Waals surface area contributed by atoms with Crippen LogP contribution < -0.4 is 0 Å². The van der Waals surface area contributed by atoms with Gasteiger partial charge in [0.15, 0.2) is 0 Å². The molecule has 1 atom stereocenters. The van der Waals surface area contributed by atoms with Crippen LogP contribution in [0.2, 0.25) is 0 Å². The van der Waals surface area contributed by atoms with Crippen LogP contribution in [0.25, 0.3) is 0 Å². The molecule has 2 rings (SSSR count). The van der Waals surface area contributed by atoms with Crippen LogP contribution in [-0.4, -0.2) is 65.6 Å². The van der Waals surface area contributed by atoms with Gasteiger partial charge in [-0.05, 0) is 5.56 Å². The topological polar surface area (TPSA) is 43.8 Å². The van der Waals surface area contributed by atoms with Crippen LogP contribution in [0.4, 0.5) is 0 Å². The van der Waals surface area contributed by atoms with Gasteiger partial charge < -0.3 is 10.0 Å². The molecule has 1 N–H and O–H groups in total. The Morgan fingerprint density at radius 1 is 1.35 bits per heavy atom. The van der Waals surface area contributed by atoms with Gasteiger partial charge in [0, 0.05) is 38.2 Å². The number of benzene rings is 1. The number of hydrogen-bond acceptors (Lipinski definition) is 4. The van der Waals surface area contributed by atoms with E-state index in [1.54, 1.807) is 11.9 Å². The van der Waals surface area contributed by atoms with Crippen molar-refractivity contribution in [1.29, 1.82) is 0 Å². The van der Waals surface area contributed by atoms with Crippen LogP contribution in [0, 0.1) is 0 Å². The Morgan fingerprint density at radius 3 is 2.60 bits per heavy atom. The standard InChI is InChI=1S/C15H22N2O2S/c1-16(7-10-18)15(19)14(13-5-3-2-4-6-13)17-8-11-20-12-9-17/h2-6,14,18H,7-12H2,1H3. The number of carbonyl (C=O) groups excluding carboxylic acids is 1. The third kappa shape index (κ3) is 3.75. The molecule has 0 spiro atoms. The minimum absolute atomic E-state index is 0.000395. The van der Waals surface area contributed by atoms with Crippen LogP contribution in [-0.2, 0) is 4.79 Å². The maximum atomic E-state index is 12.7. The number of amides is 1. The summed E-state index contributed by atoms with van der Waals surface area (Å²) in [6.45, 7) is 2.25. The van der Waals surface area contributed by atoms with Crippen molar-refractivity contribution in [2.45, 2.75) is 6.04 Å². The lowest BCUT2D eigenvalue weighted by molar-refractivity contribution is -0.136. The van der Waals surface area contributed by atoms with Gasteiger partial charge in [-0.15, -0.1) is 0 Å². The van der Waals surface area contributed by atoms with E-state index in [1.807, 2.05) is 42.1 Å². The van der Waals surface area contributed by atoms with Crippen LogP contribution in [0.3, 0.4) is 0 Å². The van der Waals surface area contributed by atoms with Crippen molar-refractivity contribution in [3.8, 4) is 0 Å². The van der Waals surface area contributed by atoms with Gasteiger partial charge in [-0.2, -0.15) is 11.8 Å². The molecule has 110 valence electrons. The Kier molecular flexibility index (Phi) is 5.88. The molecule has 0 aliphatic carbocycles. The van der Waals surface area contributed by atoms with Gasteiger partial charge in [0.25, 0.3) is 0 Å². The Hall–Kier alpha value is -1.04. The summed E-state index contributed by atoms with van der Waals surface area (Å²) in [7, 11) is 1.76. The molecule has 1 aromatic carbocycles. The number of carbonyl (C=O) groups is 1. The lowest BCUT2D eigenvalue weighted by Gasteiger charge is -2.35. The van der Waals surface area contributed by atoms with Gasteiger partial charge in [0.2, 0.25) is 5.91 Å². The molecule has 1 saturated heterocycles. The van der Waals surface area contributed by atoms with Crippen molar-refractivity contribution in [3.05, 3.63) is 35.9 Å². The second kappa shape index (κ2) is 7.67. The summed E-state index contributed by atoms with van der Waals surface area (Å²) in [5.74, 6) is 2.21. The highest BCUT2D eigenvalue weighted by atomic mass is 32.2. The minimum Gasteiger partial charge on any atom is -0.395 e. The molecule has 1 unspecified atom stereocenters. The first-order valence-corrected chi connectivity index (χ1v) is 8.12. The van der Waals surface area contributed by atoms with Crippen molar-refractivity contribution in [2.75, 3.05) is 44.8 Å². The average molecular weight is 294 g/mol. The molecule has 1 aliphatic rings. The smallest absolute Gasteiger partial charge is 0.244 e. The van der Waals surface area contributed by atoms with Gasteiger partial charge in [0.05, 0.1) is 6.61 Å². The average Bonchev–Trinajstić information content (AvgIpc) is 2.50. The van der Waals surface area contributed by atoms with Crippen LogP contribution in [0.15, 0.2) is 30.3 Å². The summed E-state index contributed by atoms with van der Waals surface area (Å²) in [5, 5.41) is 9.04. The Bertz CT molecular complexity index is 421. The number of aliphatic hydroxyl groups is 1. The molecule has 0 bridgehead atoms. The summed E-state index contributed by atoms with van der Waals surface area (Å²) in [6.07, 6.45) is 0. The molecular formula is C15H22N2O2S. The lowest BCUT2D eigenvalue weighted by Crippen LogP contribution is -2.45. The van der Waals surface area contributed by atoms with E-state index < -0.39 is 0 Å². The zero-order valence-electron chi connectivity index (χ0n) is 11.9. The van der Waals surface area contributed by atoms with Crippen molar-refractivity contribution >= 4 is 17.7 Å². The van der Waals surface area contributed by atoms with E-state index in [0.29, 0.717) is 6.54 Å². The maximum absolute atomic E-state index is 12.7. The number of hydrogen-bond donors (Lipinski definition) is 1. The lowest BCUT2D eigenvalue weighted by atomic mass is 10.0. The van der Waals surface area contributed by atoms with E-state index in [4.69, 9.17) is 5.11 Å². The number of nitrogens with zero attached hydrogens (tertiary/aromatic N) is 2. The zero-order valence-corrected chi connectivity index (χ0v) is 12.7. The number of rotatable bonds is 5. The molecule has 5 heteroatoms. The molecule has 0 aromatic heterocycles. The predicted molar refractivity (Wildman–Crippen MR) is 82.8 cm³/mol. The first-order valence-electron chi connectivity index (χ1n) is 6.96. The molecule has 0 saturated carbocycles. The third-order valence-electron chi connectivity index (χ3n) is 3.57. The minimum atomic E-state index is -0.228. The summed E-state index contributed by atoms with van der Waals surface area (Å²) < 4.78 is 0. The number of likely N-dealkylation sites (N-methyl/N-ethyl adjacent to an activating group) is 1. The molecule has 1 aliphatic heterocycles. The molecule has 1 heterocycles. The van der Waals surface area contributed by atoms with E-state index >= 15 is 0 Å². The summed E-state index contributed by atoms with van der Waals surface area (Å²) in [4.78, 5) is 16.6. The third-order valence-corrected chi connectivity index (χ3v) is 4.51. The molecule has 0 radical (unpaired) electrons. The van der Waals surface area contributed by atoms with E-state index in [0.717, 1.165) is 30.2 Å². The monoisotopic (exact) mass is 294 g/mol. The molecule has 1 fully saturated rings. The SMILES string of the molecule is CN(CCO)C(=O)C(c1ccccc1)N1CCSCC1. The Morgan fingerprint density at radius 2 is 2.00 bits per heavy atom. The Labute approximate surface area is 124 Å². The van der Waals surface area contributed by atoms with Crippen LogP contribution in [0.1, 0.15) is 11.6 Å². The van der Waals surface area contributed by atoms with Gasteiger partial charge in [-0.1, -0.05) is 30.3 Å². The van der Waals surface area contributed by atoms with Crippen molar-refractivity contribution in [3.63, 3.8) is 0 Å². The van der Waals surface area contributed by atoms with E-state index in [-0.39, 0.29) is 18.6 Å². The Balaban J connectivity index is 2.21. The van der Waals surface area contributed by atoms with Crippen LogP contribution >= 0.6 is 11.8 Å². The van der Waals surface area contributed by atoms with Gasteiger partial charge in [0.1, 0.15) is 6.04 Å². The molecular weight excluding hydrogens is 272 g/mol. The highest BCUT2D eigenvalue weighted by Crippen LogP contribution is 2.25. The number of aliphatic hydroxyl groups excluding tert-OH is 1. The fourth-order valence-electron chi connectivity index (χ4n) is 2.45. The summed E-state index contributed by atoms with van der Waals surface area (Å²) in [6, 6.07) is 9.71. The summed E-state index contributed by atoms with van der Waals surface area (Å²) in [5.41, 5.74) is 1.04. The first-order chi connectivity index (χ1) is 9.74. The maximum Gasteiger partial charge on any atom is 0.244 e. The molecule has 1 aromatic rings. The molecule has 1 amide bonds. The van der Waals surface area contributed by atoms with Gasteiger partial charge in [-0.3, -0.25) is 9.69 Å². The van der Waals surface area contributed by atoms with Gasteiger partial charge in [-0.25, -0.2) is 0 Å². The highest BCUT2D eigenvalue weighted by molar-refractivity contribution is 7.99. The molecule has 20 heavy (non-hydrogen) atoms. The van der Waals surface area contributed by atoms with Crippen molar-refractivity contribution in [1.82, 2.24) is 9.80 Å².